The number of halogens is 1. The first-order chi connectivity index (χ1) is 14.3. The van der Waals surface area contributed by atoms with E-state index in [1.165, 1.54) is 7.11 Å². The van der Waals surface area contributed by atoms with Crippen molar-refractivity contribution in [1.29, 1.82) is 0 Å². The van der Waals surface area contributed by atoms with E-state index in [0.29, 0.717) is 39.1 Å². The third-order valence-corrected chi connectivity index (χ3v) is 6.67. The Morgan fingerprint density at radius 2 is 1.74 bits per heavy atom. The molecule has 11 heteroatoms. The first kappa shape index (κ1) is 30.3. The summed E-state index contributed by atoms with van der Waals surface area (Å²) in [6.07, 6.45) is 4.31. The fraction of sp³-hybridized carbons (Fsp3) is 0.900. The van der Waals surface area contributed by atoms with Crippen LogP contribution in [0.15, 0.2) is 4.99 Å². The molecule has 0 saturated carbocycles. The molecule has 1 aliphatic rings. The van der Waals surface area contributed by atoms with Gasteiger partial charge in [0.15, 0.2) is 5.96 Å². The zero-order valence-corrected chi connectivity index (χ0v) is 22.6. The molecule has 0 aromatic heterocycles. The number of guanidine groups is 1. The summed E-state index contributed by atoms with van der Waals surface area (Å²) >= 11 is 0. The van der Waals surface area contributed by atoms with Crippen LogP contribution in [0.25, 0.3) is 0 Å². The molecule has 0 unspecified atom stereocenters. The van der Waals surface area contributed by atoms with Gasteiger partial charge >= 0.3 is 5.97 Å². The number of rotatable bonds is 13. The quantitative estimate of drug-likeness (QED) is 0.118. The van der Waals surface area contributed by atoms with Crippen molar-refractivity contribution < 1.29 is 22.7 Å². The molecule has 31 heavy (non-hydrogen) atoms. The summed E-state index contributed by atoms with van der Waals surface area (Å²) in [4.78, 5) is 17.9. The van der Waals surface area contributed by atoms with Crippen LogP contribution in [-0.4, -0.2) is 94.4 Å². The number of nitrogens with one attached hydrogen (secondary N) is 1. The number of piperazine rings is 1. The van der Waals surface area contributed by atoms with Gasteiger partial charge in [-0.15, -0.1) is 24.0 Å². The van der Waals surface area contributed by atoms with Crippen molar-refractivity contribution in [3.63, 3.8) is 0 Å². The lowest BCUT2D eigenvalue weighted by Crippen LogP contribution is -2.54. The Bertz CT molecular complexity index is 623. The predicted octanol–water partition coefficient (Wildman–Crippen LogP) is 2.07. The predicted molar refractivity (Wildman–Crippen MR) is 135 cm³/mol. The van der Waals surface area contributed by atoms with Gasteiger partial charge in [-0.25, -0.2) is 8.42 Å². The fourth-order valence-electron chi connectivity index (χ4n) is 3.14. The average molecular weight is 577 g/mol. The van der Waals surface area contributed by atoms with E-state index in [0.717, 1.165) is 38.2 Å². The van der Waals surface area contributed by atoms with Gasteiger partial charge in [0, 0.05) is 45.7 Å². The van der Waals surface area contributed by atoms with Gasteiger partial charge < -0.3 is 19.7 Å². The van der Waals surface area contributed by atoms with Crippen LogP contribution in [-0.2, 0) is 24.3 Å². The van der Waals surface area contributed by atoms with Crippen molar-refractivity contribution in [1.82, 2.24) is 14.5 Å². The lowest BCUT2D eigenvalue weighted by atomic mass is 10.1. The number of nitrogens with zero attached hydrogens (tertiary/aromatic N) is 3. The van der Waals surface area contributed by atoms with Crippen molar-refractivity contribution in [3.8, 4) is 0 Å². The Kier molecular flexibility index (Phi) is 16.5. The molecule has 0 bridgehead atoms. The molecule has 0 aliphatic carbocycles. The minimum absolute atomic E-state index is 0. The topological polar surface area (TPSA) is 101 Å². The molecule has 1 heterocycles. The zero-order chi connectivity index (χ0) is 22.4. The van der Waals surface area contributed by atoms with Crippen LogP contribution in [0.1, 0.15) is 52.9 Å². The van der Waals surface area contributed by atoms with Crippen LogP contribution in [0, 0.1) is 0 Å². The summed E-state index contributed by atoms with van der Waals surface area (Å²) in [5.74, 6) is 0.707. The van der Waals surface area contributed by atoms with E-state index in [1.807, 2.05) is 20.8 Å². The molecule has 1 N–H and O–H groups in total. The van der Waals surface area contributed by atoms with Gasteiger partial charge in [0.05, 0.1) is 25.6 Å². The summed E-state index contributed by atoms with van der Waals surface area (Å²) in [7, 11) is -1.88. The van der Waals surface area contributed by atoms with Gasteiger partial charge in [-0.3, -0.25) is 9.79 Å². The standard InChI is InChI=1S/C20H40N4O5S.HI/c1-5-21-20(22-11-9-7-6-8-10-19(25)28-4)23-12-14-24(15-13-23)30(26,27)17-16-29-18(2)3;/h18H,5-17H2,1-4H3,(H,21,22);1H. The molecule has 1 saturated heterocycles. The molecular weight excluding hydrogens is 535 g/mol. The minimum Gasteiger partial charge on any atom is -0.469 e. The van der Waals surface area contributed by atoms with Gasteiger partial charge in [-0.2, -0.15) is 4.31 Å². The number of methoxy groups -OCH3 is 1. The lowest BCUT2D eigenvalue weighted by molar-refractivity contribution is -0.140. The Labute approximate surface area is 205 Å². The van der Waals surface area contributed by atoms with Gasteiger partial charge in [-0.1, -0.05) is 12.8 Å². The van der Waals surface area contributed by atoms with E-state index in [2.05, 4.69) is 15.0 Å². The second-order valence-electron chi connectivity index (χ2n) is 7.60. The summed E-state index contributed by atoms with van der Waals surface area (Å²) < 4.78 is 36.5. The summed E-state index contributed by atoms with van der Waals surface area (Å²) in [5, 5.41) is 3.30. The largest absolute Gasteiger partial charge is 0.469 e. The Balaban J connectivity index is 0.00000900. The molecule has 1 rings (SSSR count). The highest BCUT2D eigenvalue weighted by atomic mass is 127. The number of aliphatic imine (C=N–C) groups is 1. The first-order valence-electron chi connectivity index (χ1n) is 11.0. The molecule has 1 aliphatic heterocycles. The van der Waals surface area contributed by atoms with Crippen molar-refractivity contribution in [3.05, 3.63) is 0 Å². The molecule has 184 valence electrons. The number of unbranched alkanes of at least 4 members (excludes halogenated alkanes) is 3. The molecule has 9 nitrogen and oxygen atoms in total. The van der Waals surface area contributed by atoms with Crippen molar-refractivity contribution in [2.24, 2.45) is 4.99 Å². The van der Waals surface area contributed by atoms with E-state index >= 15 is 0 Å². The summed E-state index contributed by atoms with van der Waals surface area (Å²) in [6.45, 7) is 9.69. The lowest BCUT2D eigenvalue weighted by Gasteiger charge is -2.36. The zero-order valence-electron chi connectivity index (χ0n) is 19.5. The van der Waals surface area contributed by atoms with E-state index in [-0.39, 0.29) is 48.4 Å². The second-order valence-corrected chi connectivity index (χ2v) is 9.69. The monoisotopic (exact) mass is 576 g/mol. The molecule has 1 fully saturated rings. The van der Waals surface area contributed by atoms with Crippen molar-refractivity contribution >= 4 is 45.9 Å². The number of sulfonamides is 1. The normalized spacial score (nSPS) is 15.6. The Morgan fingerprint density at radius 1 is 1.10 bits per heavy atom. The number of hydrogen-bond donors (Lipinski definition) is 1. The molecule has 0 atom stereocenters. The van der Waals surface area contributed by atoms with Gasteiger partial charge in [-0.05, 0) is 33.6 Å². The average Bonchev–Trinajstić information content (AvgIpc) is 2.71. The molecule has 0 amide bonds. The SMILES string of the molecule is CCNC(=NCCCCCCC(=O)OC)N1CCN(S(=O)(=O)CCOC(C)C)CC1.I. The van der Waals surface area contributed by atoms with Crippen LogP contribution in [0.4, 0.5) is 0 Å². The number of carbonyl (C=O) groups excluding carboxylic acids is 1. The Hall–Kier alpha value is -0.660. The maximum absolute atomic E-state index is 12.5. The highest BCUT2D eigenvalue weighted by molar-refractivity contribution is 14.0. The van der Waals surface area contributed by atoms with Crippen molar-refractivity contribution in [2.45, 2.75) is 59.0 Å². The van der Waals surface area contributed by atoms with E-state index in [4.69, 9.17) is 9.73 Å². The van der Waals surface area contributed by atoms with E-state index in [9.17, 15) is 13.2 Å². The van der Waals surface area contributed by atoms with Gasteiger partial charge in [0.1, 0.15) is 0 Å². The third-order valence-electron chi connectivity index (χ3n) is 4.84. The van der Waals surface area contributed by atoms with Crippen LogP contribution in [0.2, 0.25) is 0 Å². The number of carbonyl (C=O) groups is 1. The first-order valence-corrected chi connectivity index (χ1v) is 12.6. The molecule has 0 spiro atoms. The molecule has 0 radical (unpaired) electrons. The highest BCUT2D eigenvalue weighted by Crippen LogP contribution is 2.10. The van der Waals surface area contributed by atoms with Crippen molar-refractivity contribution in [2.75, 3.05) is 58.7 Å². The van der Waals surface area contributed by atoms with E-state index < -0.39 is 10.0 Å². The molecular formula is C20H41IN4O5S. The van der Waals surface area contributed by atoms with Crippen LogP contribution >= 0.6 is 24.0 Å². The van der Waals surface area contributed by atoms with Gasteiger partial charge in [0.25, 0.3) is 0 Å². The highest BCUT2D eigenvalue weighted by Gasteiger charge is 2.27. The van der Waals surface area contributed by atoms with Gasteiger partial charge in [0.2, 0.25) is 10.0 Å². The summed E-state index contributed by atoms with van der Waals surface area (Å²) in [5.41, 5.74) is 0. The molecule has 0 aromatic carbocycles. The van der Waals surface area contributed by atoms with Crippen LogP contribution in [0.3, 0.4) is 0 Å². The van der Waals surface area contributed by atoms with E-state index in [1.54, 1.807) is 4.31 Å². The smallest absolute Gasteiger partial charge is 0.305 e. The maximum atomic E-state index is 12.5. The third kappa shape index (κ3) is 12.8. The Morgan fingerprint density at radius 3 is 2.32 bits per heavy atom. The summed E-state index contributed by atoms with van der Waals surface area (Å²) in [6, 6.07) is 0. The number of hydrogen-bond acceptors (Lipinski definition) is 6. The second kappa shape index (κ2) is 16.9. The molecule has 0 aromatic rings. The van der Waals surface area contributed by atoms with Crippen LogP contribution in [0.5, 0.6) is 0 Å². The minimum atomic E-state index is -3.29. The number of esters is 1. The maximum Gasteiger partial charge on any atom is 0.305 e. The fourth-order valence-corrected chi connectivity index (χ4v) is 4.43. The number of ether oxygens (including phenoxy) is 2. The van der Waals surface area contributed by atoms with Crippen LogP contribution < -0.4 is 5.32 Å².